The summed E-state index contributed by atoms with van der Waals surface area (Å²) in [5.74, 6) is 0.356. The number of rotatable bonds is 6. The summed E-state index contributed by atoms with van der Waals surface area (Å²) in [7, 11) is 1.59. The lowest BCUT2D eigenvalue weighted by Crippen LogP contribution is -2.50. The summed E-state index contributed by atoms with van der Waals surface area (Å²) in [6.07, 6.45) is 0. The standard InChI is InChI=1S/C10H18ClNO4/c1-14-4-5-16-8-10(13)12-2-3-15-7-9(12)6-11/h9H,2-8H2,1H3. The monoisotopic (exact) mass is 251 g/mol. The second kappa shape index (κ2) is 7.84. The van der Waals surface area contributed by atoms with Gasteiger partial charge in [-0.05, 0) is 0 Å². The van der Waals surface area contributed by atoms with E-state index in [9.17, 15) is 4.79 Å². The minimum absolute atomic E-state index is 0.0334. The van der Waals surface area contributed by atoms with Gasteiger partial charge in [0.2, 0.25) is 5.91 Å². The number of alkyl halides is 1. The second-order valence-corrected chi connectivity index (χ2v) is 3.82. The van der Waals surface area contributed by atoms with Crippen LogP contribution in [0.2, 0.25) is 0 Å². The quantitative estimate of drug-likeness (QED) is 0.497. The fraction of sp³-hybridized carbons (Fsp3) is 0.900. The summed E-state index contributed by atoms with van der Waals surface area (Å²) in [6, 6.07) is -0.0334. The van der Waals surface area contributed by atoms with Crippen LogP contribution in [0.1, 0.15) is 0 Å². The van der Waals surface area contributed by atoms with Crippen molar-refractivity contribution in [3.05, 3.63) is 0 Å². The maximum atomic E-state index is 11.8. The van der Waals surface area contributed by atoms with Crippen molar-refractivity contribution in [2.75, 3.05) is 52.6 Å². The molecule has 0 N–H and O–H groups in total. The SMILES string of the molecule is COCCOCC(=O)N1CCOCC1CCl. The molecule has 0 spiro atoms. The zero-order valence-electron chi connectivity index (χ0n) is 9.49. The maximum absolute atomic E-state index is 11.8. The van der Waals surface area contributed by atoms with Gasteiger partial charge in [-0.1, -0.05) is 0 Å². The van der Waals surface area contributed by atoms with Gasteiger partial charge in [-0.2, -0.15) is 0 Å². The number of carbonyl (C=O) groups excluding carboxylic acids is 1. The molecule has 1 rings (SSSR count). The fourth-order valence-corrected chi connectivity index (χ4v) is 1.75. The van der Waals surface area contributed by atoms with Gasteiger partial charge in [-0.15, -0.1) is 11.6 Å². The fourth-order valence-electron chi connectivity index (χ4n) is 1.50. The molecular formula is C10H18ClNO4. The van der Waals surface area contributed by atoms with Crippen LogP contribution in [0.25, 0.3) is 0 Å². The van der Waals surface area contributed by atoms with Crippen LogP contribution in [0, 0.1) is 0 Å². The van der Waals surface area contributed by atoms with Crippen LogP contribution in [-0.4, -0.2) is 69.4 Å². The summed E-state index contributed by atoms with van der Waals surface area (Å²) in [4.78, 5) is 13.5. The normalized spacial score (nSPS) is 21.1. The zero-order valence-corrected chi connectivity index (χ0v) is 10.2. The molecule has 0 aromatic carbocycles. The first-order valence-corrected chi connectivity index (χ1v) is 5.83. The van der Waals surface area contributed by atoms with Crippen LogP contribution in [0.15, 0.2) is 0 Å². The minimum atomic E-state index is -0.0370. The Kier molecular flexibility index (Phi) is 6.71. The van der Waals surface area contributed by atoms with Gasteiger partial charge in [0.15, 0.2) is 0 Å². The van der Waals surface area contributed by atoms with Crippen molar-refractivity contribution in [2.45, 2.75) is 6.04 Å². The first kappa shape index (κ1) is 13.7. The van der Waals surface area contributed by atoms with Crippen molar-refractivity contribution in [1.82, 2.24) is 4.90 Å². The van der Waals surface area contributed by atoms with E-state index in [2.05, 4.69) is 0 Å². The molecule has 6 heteroatoms. The smallest absolute Gasteiger partial charge is 0.249 e. The predicted molar refractivity (Wildman–Crippen MR) is 59.7 cm³/mol. The Bertz CT molecular complexity index is 215. The van der Waals surface area contributed by atoms with E-state index < -0.39 is 0 Å². The predicted octanol–water partition coefficient (Wildman–Crippen LogP) is 0.116. The van der Waals surface area contributed by atoms with Crippen molar-refractivity contribution in [1.29, 1.82) is 0 Å². The number of amides is 1. The molecule has 0 aromatic rings. The van der Waals surface area contributed by atoms with E-state index in [0.29, 0.717) is 38.9 Å². The summed E-state index contributed by atoms with van der Waals surface area (Å²) in [6.45, 7) is 2.67. The molecular weight excluding hydrogens is 234 g/mol. The van der Waals surface area contributed by atoms with Crippen LogP contribution in [0.5, 0.6) is 0 Å². The number of halogens is 1. The van der Waals surface area contributed by atoms with E-state index in [1.807, 2.05) is 0 Å². The number of morpholine rings is 1. The largest absolute Gasteiger partial charge is 0.382 e. The van der Waals surface area contributed by atoms with Crippen molar-refractivity contribution < 1.29 is 19.0 Å². The Hall–Kier alpha value is -0.360. The van der Waals surface area contributed by atoms with Gasteiger partial charge in [0.1, 0.15) is 6.61 Å². The number of hydrogen-bond acceptors (Lipinski definition) is 4. The Labute approximate surface area is 101 Å². The molecule has 1 heterocycles. The van der Waals surface area contributed by atoms with Gasteiger partial charge >= 0.3 is 0 Å². The van der Waals surface area contributed by atoms with Crippen LogP contribution >= 0.6 is 11.6 Å². The summed E-state index contributed by atoms with van der Waals surface area (Å²) in [5, 5.41) is 0. The first-order valence-electron chi connectivity index (χ1n) is 5.29. The summed E-state index contributed by atoms with van der Waals surface area (Å²) >= 11 is 5.77. The third-order valence-corrected chi connectivity index (χ3v) is 2.74. The van der Waals surface area contributed by atoms with E-state index in [4.69, 9.17) is 25.8 Å². The lowest BCUT2D eigenvalue weighted by atomic mass is 10.2. The van der Waals surface area contributed by atoms with Gasteiger partial charge in [-0.25, -0.2) is 0 Å². The molecule has 1 saturated heterocycles. The molecule has 1 aliphatic heterocycles. The van der Waals surface area contributed by atoms with Crippen molar-refractivity contribution >= 4 is 17.5 Å². The number of carbonyl (C=O) groups is 1. The van der Waals surface area contributed by atoms with E-state index in [0.717, 1.165) is 0 Å². The van der Waals surface area contributed by atoms with Crippen molar-refractivity contribution in [2.24, 2.45) is 0 Å². The van der Waals surface area contributed by atoms with Crippen LogP contribution in [0.4, 0.5) is 0 Å². The van der Waals surface area contributed by atoms with E-state index in [-0.39, 0.29) is 18.6 Å². The molecule has 5 nitrogen and oxygen atoms in total. The van der Waals surface area contributed by atoms with Gasteiger partial charge in [-0.3, -0.25) is 4.79 Å². The molecule has 0 aromatic heterocycles. The average Bonchev–Trinajstić information content (AvgIpc) is 2.34. The highest BCUT2D eigenvalue weighted by atomic mass is 35.5. The molecule has 94 valence electrons. The number of methoxy groups -OCH3 is 1. The molecule has 0 bridgehead atoms. The molecule has 16 heavy (non-hydrogen) atoms. The minimum Gasteiger partial charge on any atom is -0.382 e. The molecule has 0 saturated carbocycles. The third-order valence-electron chi connectivity index (χ3n) is 2.38. The molecule has 1 atom stereocenters. The molecule has 0 aliphatic carbocycles. The highest BCUT2D eigenvalue weighted by Gasteiger charge is 2.26. The average molecular weight is 252 g/mol. The van der Waals surface area contributed by atoms with Crippen LogP contribution in [0.3, 0.4) is 0 Å². The second-order valence-electron chi connectivity index (χ2n) is 3.52. The highest BCUT2D eigenvalue weighted by molar-refractivity contribution is 6.18. The lowest BCUT2D eigenvalue weighted by Gasteiger charge is -2.34. The highest BCUT2D eigenvalue weighted by Crippen LogP contribution is 2.08. The summed E-state index contributed by atoms with van der Waals surface area (Å²) in [5.41, 5.74) is 0. The molecule has 1 aliphatic rings. The Morgan fingerprint density at radius 3 is 3.06 bits per heavy atom. The van der Waals surface area contributed by atoms with E-state index in [1.165, 1.54) is 0 Å². The van der Waals surface area contributed by atoms with Gasteiger partial charge in [0, 0.05) is 19.5 Å². The van der Waals surface area contributed by atoms with Gasteiger partial charge in [0.25, 0.3) is 0 Å². The summed E-state index contributed by atoms with van der Waals surface area (Å²) < 4.78 is 15.3. The first-order chi connectivity index (χ1) is 7.79. The lowest BCUT2D eigenvalue weighted by molar-refractivity contribution is -0.144. The van der Waals surface area contributed by atoms with E-state index >= 15 is 0 Å². The zero-order chi connectivity index (χ0) is 11.8. The topological polar surface area (TPSA) is 48.0 Å². The molecule has 1 fully saturated rings. The maximum Gasteiger partial charge on any atom is 0.249 e. The van der Waals surface area contributed by atoms with Crippen molar-refractivity contribution in [3.63, 3.8) is 0 Å². The van der Waals surface area contributed by atoms with Crippen LogP contribution in [-0.2, 0) is 19.0 Å². The molecule has 0 radical (unpaired) electrons. The van der Waals surface area contributed by atoms with Crippen LogP contribution < -0.4 is 0 Å². The van der Waals surface area contributed by atoms with E-state index in [1.54, 1.807) is 12.0 Å². The Morgan fingerprint density at radius 1 is 1.56 bits per heavy atom. The third kappa shape index (κ3) is 4.25. The Morgan fingerprint density at radius 2 is 2.38 bits per heavy atom. The van der Waals surface area contributed by atoms with Crippen molar-refractivity contribution in [3.8, 4) is 0 Å². The number of nitrogens with zero attached hydrogens (tertiary/aromatic N) is 1. The van der Waals surface area contributed by atoms with Gasteiger partial charge in [0.05, 0.1) is 32.5 Å². The van der Waals surface area contributed by atoms with Gasteiger partial charge < -0.3 is 19.1 Å². The molecule has 1 unspecified atom stereocenters. The number of hydrogen-bond donors (Lipinski definition) is 0. The molecule has 1 amide bonds. The number of ether oxygens (including phenoxy) is 3. The Balaban J connectivity index is 2.27.